The number of rotatable bonds is 5. The molecule has 1 aromatic carbocycles. The molecule has 4 heteroatoms. The average Bonchev–Trinajstić information content (AvgIpc) is 2.77. The Morgan fingerprint density at radius 2 is 2.22 bits per heavy atom. The lowest BCUT2D eigenvalue weighted by Crippen LogP contribution is -2.19. The van der Waals surface area contributed by atoms with E-state index in [0.717, 1.165) is 30.1 Å². The van der Waals surface area contributed by atoms with Crippen molar-refractivity contribution in [2.75, 3.05) is 6.54 Å². The van der Waals surface area contributed by atoms with Crippen LogP contribution >= 0.6 is 22.6 Å². The largest absolute Gasteiger partial charge is 0.443 e. The maximum absolute atomic E-state index is 5.51. The van der Waals surface area contributed by atoms with Gasteiger partial charge in [0, 0.05) is 15.7 Å². The van der Waals surface area contributed by atoms with Crippen molar-refractivity contribution < 1.29 is 4.42 Å². The van der Waals surface area contributed by atoms with Crippen molar-refractivity contribution in [3.63, 3.8) is 0 Å². The highest BCUT2D eigenvalue weighted by Crippen LogP contribution is 2.24. The summed E-state index contributed by atoms with van der Waals surface area (Å²) in [6.07, 6.45) is 1.52. The van der Waals surface area contributed by atoms with Gasteiger partial charge in [0.1, 0.15) is 5.69 Å². The van der Waals surface area contributed by atoms with Gasteiger partial charge in [-0.15, -0.1) is 0 Å². The molecule has 96 valence electrons. The first-order valence-corrected chi connectivity index (χ1v) is 7.13. The van der Waals surface area contributed by atoms with Crippen LogP contribution in [0.3, 0.4) is 0 Å². The van der Waals surface area contributed by atoms with Gasteiger partial charge in [0.2, 0.25) is 0 Å². The molecule has 3 nitrogen and oxygen atoms in total. The third-order valence-corrected chi connectivity index (χ3v) is 3.24. The van der Waals surface area contributed by atoms with Crippen LogP contribution in [-0.2, 0) is 6.54 Å². The van der Waals surface area contributed by atoms with Crippen molar-refractivity contribution >= 4 is 22.6 Å². The van der Waals surface area contributed by atoms with E-state index in [0.29, 0.717) is 5.92 Å². The molecule has 0 fully saturated rings. The van der Waals surface area contributed by atoms with Crippen LogP contribution < -0.4 is 5.32 Å². The van der Waals surface area contributed by atoms with Gasteiger partial charge < -0.3 is 9.73 Å². The molecule has 0 saturated carbocycles. The summed E-state index contributed by atoms with van der Waals surface area (Å²) in [5.74, 6) is 1.50. The fraction of sp³-hybridized carbons (Fsp3) is 0.357. The van der Waals surface area contributed by atoms with Gasteiger partial charge in [-0.3, -0.25) is 0 Å². The number of oxazole rings is 1. The minimum absolute atomic E-state index is 0.637. The van der Waals surface area contributed by atoms with E-state index in [4.69, 9.17) is 4.42 Å². The molecule has 1 heterocycles. The van der Waals surface area contributed by atoms with Gasteiger partial charge in [-0.2, -0.15) is 0 Å². The maximum Gasteiger partial charge on any atom is 0.181 e. The molecule has 0 spiro atoms. The van der Waals surface area contributed by atoms with E-state index in [-0.39, 0.29) is 0 Å². The van der Waals surface area contributed by atoms with E-state index in [9.17, 15) is 0 Å². The zero-order valence-electron chi connectivity index (χ0n) is 10.6. The quantitative estimate of drug-likeness (QED) is 0.831. The van der Waals surface area contributed by atoms with Crippen molar-refractivity contribution in [1.82, 2.24) is 10.3 Å². The molecule has 0 unspecified atom stereocenters. The van der Waals surface area contributed by atoms with Crippen LogP contribution in [0.2, 0.25) is 0 Å². The van der Waals surface area contributed by atoms with Gasteiger partial charge in [0.15, 0.2) is 12.2 Å². The summed E-state index contributed by atoms with van der Waals surface area (Å²) in [4.78, 5) is 4.29. The van der Waals surface area contributed by atoms with E-state index in [1.54, 1.807) is 0 Å². The lowest BCUT2D eigenvalue weighted by atomic mass is 10.1. The molecule has 2 aromatic rings. The Balaban J connectivity index is 2.12. The molecule has 0 aliphatic heterocycles. The molecule has 0 radical (unpaired) electrons. The number of benzene rings is 1. The molecule has 0 bridgehead atoms. The van der Waals surface area contributed by atoms with E-state index in [1.165, 1.54) is 9.96 Å². The molecular formula is C14H17IN2O. The lowest BCUT2D eigenvalue weighted by molar-refractivity contribution is 0.545. The van der Waals surface area contributed by atoms with Crippen molar-refractivity contribution in [3.05, 3.63) is 39.9 Å². The maximum atomic E-state index is 5.51. The fourth-order valence-corrected chi connectivity index (χ4v) is 2.28. The van der Waals surface area contributed by atoms with Crippen LogP contribution in [0.1, 0.15) is 19.5 Å². The minimum atomic E-state index is 0.637. The zero-order chi connectivity index (χ0) is 13.0. The Kier molecular flexibility index (Phi) is 4.77. The Morgan fingerprint density at radius 1 is 1.39 bits per heavy atom. The van der Waals surface area contributed by atoms with Crippen molar-refractivity contribution in [3.8, 4) is 11.3 Å². The second kappa shape index (κ2) is 6.33. The fourth-order valence-electron chi connectivity index (χ4n) is 1.74. The number of nitrogens with one attached hydrogen (secondary N) is 1. The van der Waals surface area contributed by atoms with Gasteiger partial charge in [0.05, 0.1) is 0 Å². The SMILES string of the molecule is CC(C)CNCc1ncoc1-c1cccc(I)c1. The molecule has 1 N–H and O–H groups in total. The van der Waals surface area contributed by atoms with Gasteiger partial charge in [-0.25, -0.2) is 4.98 Å². The normalized spacial score (nSPS) is 11.1. The average molecular weight is 356 g/mol. The first kappa shape index (κ1) is 13.5. The van der Waals surface area contributed by atoms with Gasteiger partial charge >= 0.3 is 0 Å². The van der Waals surface area contributed by atoms with Crippen molar-refractivity contribution in [2.24, 2.45) is 5.92 Å². The Labute approximate surface area is 121 Å². The van der Waals surface area contributed by atoms with E-state index in [1.807, 2.05) is 6.07 Å². The summed E-state index contributed by atoms with van der Waals surface area (Å²) in [6.45, 7) is 6.11. The van der Waals surface area contributed by atoms with Crippen LogP contribution in [0.25, 0.3) is 11.3 Å². The highest BCUT2D eigenvalue weighted by Gasteiger charge is 2.10. The molecule has 0 saturated heterocycles. The smallest absolute Gasteiger partial charge is 0.181 e. The minimum Gasteiger partial charge on any atom is -0.443 e. The highest BCUT2D eigenvalue weighted by atomic mass is 127. The number of aromatic nitrogens is 1. The zero-order valence-corrected chi connectivity index (χ0v) is 12.8. The molecule has 0 aliphatic rings. The second-order valence-electron chi connectivity index (χ2n) is 4.66. The Bertz CT molecular complexity index is 508. The summed E-state index contributed by atoms with van der Waals surface area (Å²) >= 11 is 2.30. The van der Waals surface area contributed by atoms with Crippen molar-refractivity contribution in [2.45, 2.75) is 20.4 Å². The first-order chi connectivity index (χ1) is 8.66. The first-order valence-electron chi connectivity index (χ1n) is 6.06. The lowest BCUT2D eigenvalue weighted by Gasteiger charge is -2.06. The molecule has 18 heavy (non-hydrogen) atoms. The second-order valence-corrected chi connectivity index (χ2v) is 5.91. The monoisotopic (exact) mass is 356 g/mol. The summed E-state index contributed by atoms with van der Waals surface area (Å²) in [5, 5.41) is 3.39. The summed E-state index contributed by atoms with van der Waals surface area (Å²) in [6, 6.07) is 8.25. The standard InChI is InChI=1S/C14H17IN2O/c1-10(2)7-16-8-13-14(18-9-17-13)11-4-3-5-12(15)6-11/h3-6,9-10,16H,7-8H2,1-2H3. The summed E-state index contributed by atoms with van der Waals surface area (Å²) < 4.78 is 6.71. The molecule has 0 atom stereocenters. The molecule has 0 aliphatic carbocycles. The van der Waals surface area contributed by atoms with Crippen LogP contribution in [0.5, 0.6) is 0 Å². The predicted octanol–water partition coefficient (Wildman–Crippen LogP) is 3.69. The summed E-state index contributed by atoms with van der Waals surface area (Å²) in [7, 11) is 0. The molecular weight excluding hydrogens is 339 g/mol. The summed E-state index contributed by atoms with van der Waals surface area (Å²) in [5.41, 5.74) is 2.05. The van der Waals surface area contributed by atoms with Gasteiger partial charge in [-0.05, 0) is 47.2 Å². The Morgan fingerprint density at radius 3 is 2.94 bits per heavy atom. The van der Waals surface area contributed by atoms with E-state index < -0.39 is 0 Å². The Hall–Kier alpha value is -0.880. The highest BCUT2D eigenvalue weighted by molar-refractivity contribution is 14.1. The van der Waals surface area contributed by atoms with E-state index >= 15 is 0 Å². The molecule has 0 amide bonds. The topological polar surface area (TPSA) is 38.1 Å². The van der Waals surface area contributed by atoms with Crippen LogP contribution in [-0.4, -0.2) is 11.5 Å². The number of nitrogens with zero attached hydrogens (tertiary/aromatic N) is 1. The predicted molar refractivity (Wildman–Crippen MR) is 81.2 cm³/mol. The molecule has 1 aromatic heterocycles. The molecule has 2 rings (SSSR count). The van der Waals surface area contributed by atoms with Crippen LogP contribution in [0, 0.1) is 9.49 Å². The number of hydrogen-bond donors (Lipinski definition) is 1. The van der Waals surface area contributed by atoms with Gasteiger partial charge in [0.25, 0.3) is 0 Å². The van der Waals surface area contributed by atoms with Gasteiger partial charge in [-0.1, -0.05) is 26.0 Å². The van der Waals surface area contributed by atoms with Crippen LogP contribution in [0.15, 0.2) is 35.1 Å². The third kappa shape index (κ3) is 3.55. The van der Waals surface area contributed by atoms with E-state index in [2.05, 4.69) is 64.9 Å². The number of hydrogen-bond acceptors (Lipinski definition) is 3. The number of halogens is 1. The van der Waals surface area contributed by atoms with Crippen molar-refractivity contribution in [1.29, 1.82) is 0 Å². The third-order valence-electron chi connectivity index (χ3n) is 2.57. The van der Waals surface area contributed by atoms with Crippen LogP contribution in [0.4, 0.5) is 0 Å².